The van der Waals surface area contributed by atoms with Crippen molar-refractivity contribution >= 4 is 5.69 Å². The molecule has 3 rings (SSSR count). The zero-order valence-corrected chi connectivity index (χ0v) is 16.1. The minimum atomic E-state index is -0.164. The largest absolute Gasteiger partial charge is 0.393 e. The molecule has 0 radical (unpaired) electrons. The minimum absolute atomic E-state index is 0.164. The van der Waals surface area contributed by atoms with Crippen LogP contribution in [0.2, 0.25) is 0 Å². The molecule has 3 heteroatoms. The number of aliphatic hydroxyl groups is 1. The molecule has 0 aliphatic carbocycles. The SMILES string of the molecule is CCN1CCC(O)C(Cc2ccc(N(CC)Cc3ccccc3)cc2)C1. The highest BCUT2D eigenvalue weighted by Gasteiger charge is 2.27. The number of rotatable bonds is 7. The summed E-state index contributed by atoms with van der Waals surface area (Å²) in [5, 5.41) is 10.4. The number of anilines is 1. The van der Waals surface area contributed by atoms with E-state index in [1.54, 1.807) is 0 Å². The highest BCUT2D eigenvalue weighted by molar-refractivity contribution is 5.48. The number of aliphatic hydroxyl groups excluding tert-OH is 1. The van der Waals surface area contributed by atoms with E-state index < -0.39 is 0 Å². The summed E-state index contributed by atoms with van der Waals surface area (Å²) in [6.45, 7) is 9.44. The van der Waals surface area contributed by atoms with Gasteiger partial charge in [-0.25, -0.2) is 0 Å². The van der Waals surface area contributed by atoms with Crippen molar-refractivity contribution in [3.8, 4) is 0 Å². The van der Waals surface area contributed by atoms with Crippen LogP contribution in [0.15, 0.2) is 54.6 Å². The molecule has 2 aromatic rings. The zero-order valence-electron chi connectivity index (χ0n) is 16.1. The lowest BCUT2D eigenvalue weighted by atomic mass is 9.88. The van der Waals surface area contributed by atoms with Gasteiger partial charge in [-0.05, 0) is 49.6 Å². The number of hydrogen-bond donors (Lipinski definition) is 1. The van der Waals surface area contributed by atoms with Crippen LogP contribution < -0.4 is 4.90 Å². The minimum Gasteiger partial charge on any atom is -0.393 e. The highest BCUT2D eigenvalue weighted by Crippen LogP contribution is 2.24. The first-order chi connectivity index (χ1) is 12.7. The summed E-state index contributed by atoms with van der Waals surface area (Å²) in [4.78, 5) is 4.85. The first-order valence-electron chi connectivity index (χ1n) is 9.97. The fraction of sp³-hybridized carbons (Fsp3) is 0.478. The Hall–Kier alpha value is -1.84. The van der Waals surface area contributed by atoms with Gasteiger partial charge >= 0.3 is 0 Å². The Morgan fingerprint density at radius 3 is 2.38 bits per heavy atom. The van der Waals surface area contributed by atoms with Crippen molar-refractivity contribution in [2.75, 3.05) is 31.1 Å². The predicted octanol–water partition coefficient (Wildman–Crippen LogP) is 3.96. The van der Waals surface area contributed by atoms with Crippen LogP contribution in [0.1, 0.15) is 31.4 Å². The van der Waals surface area contributed by atoms with Crippen LogP contribution in [0, 0.1) is 5.92 Å². The molecule has 1 N–H and O–H groups in total. The lowest BCUT2D eigenvalue weighted by Crippen LogP contribution is -2.43. The van der Waals surface area contributed by atoms with Crippen molar-refractivity contribution in [1.82, 2.24) is 4.90 Å². The number of benzene rings is 2. The fourth-order valence-electron chi connectivity index (χ4n) is 3.92. The van der Waals surface area contributed by atoms with Crippen molar-refractivity contribution in [2.24, 2.45) is 5.92 Å². The van der Waals surface area contributed by atoms with Crippen molar-refractivity contribution < 1.29 is 5.11 Å². The molecular formula is C23H32N2O. The summed E-state index contributed by atoms with van der Waals surface area (Å²) >= 11 is 0. The maximum atomic E-state index is 10.4. The highest BCUT2D eigenvalue weighted by atomic mass is 16.3. The molecule has 2 atom stereocenters. The van der Waals surface area contributed by atoms with E-state index in [4.69, 9.17) is 0 Å². The van der Waals surface area contributed by atoms with Crippen LogP contribution in [0.4, 0.5) is 5.69 Å². The Bertz CT molecular complexity index is 656. The summed E-state index contributed by atoms with van der Waals surface area (Å²) in [5.74, 6) is 0.348. The van der Waals surface area contributed by atoms with Crippen molar-refractivity contribution in [1.29, 1.82) is 0 Å². The first-order valence-corrected chi connectivity index (χ1v) is 9.97. The zero-order chi connectivity index (χ0) is 18.4. The molecule has 1 fully saturated rings. The molecule has 0 bridgehead atoms. The molecule has 1 heterocycles. The Labute approximate surface area is 158 Å². The molecule has 1 aliphatic rings. The molecule has 1 saturated heterocycles. The van der Waals surface area contributed by atoms with Gasteiger partial charge in [0.15, 0.2) is 0 Å². The van der Waals surface area contributed by atoms with Gasteiger partial charge in [-0.2, -0.15) is 0 Å². The molecule has 140 valence electrons. The summed E-state index contributed by atoms with van der Waals surface area (Å²) < 4.78 is 0. The van der Waals surface area contributed by atoms with E-state index in [9.17, 15) is 5.11 Å². The Morgan fingerprint density at radius 2 is 1.73 bits per heavy atom. The van der Waals surface area contributed by atoms with Gasteiger partial charge in [0, 0.05) is 37.8 Å². The molecule has 0 aromatic heterocycles. The van der Waals surface area contributed by atoms with Crippen LogP contribution in [0.25, 0.3) is 0 Å². The first kappa shape index (κ1) is 18.9. The fourth-order valence-corrected chi connectivity index (χ4v) is 3.92. The number of nitrogens with zero attached hydrogens (tertiary/aromatic N) is 2. The van der Waals surface area contributed by atoms with Crippen LogP contribution in [-0.4, -0.2) is 42.3 Å². The predicted molar refractivity (Wildman–Crippen MR) is 110 cm³/mol. The van der Waals surface area contributed by atoms with E-state index in [-0.39, 0.29) is 6.10 Å². The molecule has 26 heavy (non-hydrogen) atoms. The second kappa shape index (κ2) is 9.20. The Morgan fingerprint density at radius 1 is 1.00 bits per heavy atom. The van der Waals surface area contributed by atoms with Gasteiger partial charge in [0.1, 0.15) is 0 Å². The Kier molecular flexibility index (Phi) is 6.70. The molecule has 0 amide bonds. The molecule has 1 aliphatic heterocycles. The van der Waals surface area contributed by atoms with Crippen molar-refractivity contribution in [3.63, 3.8) is 0 Å². The van der Waals surface area contributed by atoms with E-state index in [1.807, 2.05) is 0 Å². The van der Waals surface area contributed by atoms with Gasteiger partial charge in [-0.15, -0.1) is 0 Å². The lowest BCUT2D eigenvalue weighted by Gasteiger charge is -2.35. The second-order valence-corrected chi connectivity index (χ2v) is 7.38. The van der Waals surface area contributed by atoms with Gasteiger partial charge in [-0.1, -0.05) is 49.4 Å². The summed E-state index contributed by atoms with van der Waals surface area (Å²) in [6, 6.07) is 19.6. The third-order valence-corrected chi connectivity index (χ3v) is 5.62. The van der Waals surface area contributed by atoms with Crippen molar-refractivity contribution in [3.05, 3.63) is 65.7 Å². The summed E-state index contributed by atoms with van der Waals surface area (Å²) in [6.07, 6.45) is 1.70. The van der Waals surface area contributed by atoms with Crippen LogP contribution in [0.3, 0.4) is 0 Å². The van der Waals surface area contributed by atoms with Gasteiger partial charge in [-0.3, -0.25) is 0 Å². The van der Waals surface area contributed by atoms with Gasteiger partial charge < -0.3 is 14.9 Å². The van der Waals surface area contributed by atoms with Crippen LogP contribution >= 0.6 is 0 Å². The maximum absolute atomic E-state index is 10.4. The molecule has 0 spiro atoms. The molecule has 3 nitrogen and oxygen atoms in total. The average Bonchev–Trinajstić information content (AvgIpc) is 2.69. The van der Waals surface area contributed by atoms with Crippen molar-refractivity contribution in [2.45, 2.75) is 39.3 Å². The normalized spacial score (nSPS) is 20.9. The van der Waals surface area contributed by atoms with E-state index in [0.717, 1.165) is 45.6 Å². The molecule has 2 unspecified atom stereocenters. The monoisotopic (exact) mass is 352 g/mol. The van der Waals surface area contributed by atoms with E-state index in [0.29, 0.717) is 5.92 Å². The van der Waals surface area contributed by atoms with Crippen LogP contribution in [-0.2, 0) is 13.0 Å². The smallest absolute Gasteiger partial charge is 0.0596 e. The summed E-state index contributed by atoms with van der Waals surface area (Å²) in [7, 11) is 0. The van der Waals surface area contributed by atoms with E-state index >= 15 is 0 Å². The van der Waals surface area contributed by atoms with E-state index in [1.165, 1.54) is 16.8 Å². The van der Waals surface area contributed by atoms with Crippen LogP contribution in [0.5, 0.6) is 0 Å². The lowest BCUT2D eigenvalue weighted by molar-refractivity contribution is 0.0290. The standard InChI is InChI=1S/C23H32N2O/c1-3-24-15-14-23(26)21(18-24)16-19-10-12-22(13-11-19)25(4-2)17-20-8-6-5-7-9-20/h5-13,21,23,26H,3-4,14-18H2,1-2H3. The molecule has 0 saturated carbocycles. The number of piperidine rings is 1. The van der Waals surface area contributed by atoms with Gasteiger partial charge in [0.2, 0.25) is 0 Å². The summed E-state index contributed by atoms with van der Waals surface area (Å²) in [5.41, 5.74) is 3.93. The topological polar surface area (TPSA) is 26.7 Å². The third kappa shape index (κ3) is 4.87. The quantitative estimate of drug-likeness (QED) is 0.817. The Balaban J connectivity index is 1.63. The molecular weight excluding hydrogens is 320 g/mol. The third-order valence-electron chi connectivity index (χ3n) is 5.62. The number of likely N-dealkylation sites (tertiary alicyclic amines) is 1. The average molecular weight is 353 g/mol. The van der Waals surface area contributed by atoms with Gasteiger partial charge in [0.05, 0.1) is 6.10 Å². The maximum Gasteiger partial charge on any atom is 0.0596 e. The van der Waals surface area contributed by atoms with Gasteiger partial charge in [0.25, 0.3) is 0 Å². The number of hydrogen-bond acceptors (Lipinski definition) is 3. The van der Waals surface area contributed by atoms with E-state index in [2.05, 4.69) is 78.2 Å². The molecule has 2 aromatic carbocycles. The second-order valence-electron chi connectivity index (χ2n) is 7.38.